The van der Waals surface area contributed by atoms with Crippen LogP contribution in [-0.2, 0) is 10.3 Å². The lowest BCUT2D eigenvalue weighted by Crippen LogP contribution is -2.50. The molecule has 1 aromatic carbocycles. The van der Waals surface area contributed by atoms with Crippen LogP contribution < -0.4 is 11.1 Å². The number of rotatable bonds is 4. The number of anilines is 1. The lowest BCUT2D eigenvalue weighted by Gasteiger charge is -2.37. The number of nitrogens with zero attached hydrogens (tertiary/aromatic N) is 2. The fraction of sp³-hybridized carbons (Fsp3) is 0.278. The van der Waals surface area contributed by atoms with Crippen LogP contribution in [0.1, 0.15) is 23.0 Å². The summed E-state index contributed by atoms with van der Waals surface area (Å²) in [6.45, 7) is -0.0263. The molecule has 0 fully saturated rings. The van der Waals surface area contributed by atoms with E-state index in [-0.39, 0.29) is 11.3 Å². The molecule has 3 atom stereocenters. The highest BCUT2D eigenvalue weighted by atomic mass is 19.2. The first-order valence-electron chi connectivity index (χ1n) is 8.30. The molecule has 0 bridgehead atoms. The standard InChI is InChI=1S/C18H15F5N4O2/c1-18(15(23)13(6-19)29-17(24)27-18)10-5-9(2-3-11(10)21)26-16(28)14-12(22)4-8(20)7-25-14/h2-5,7,13,15H,6H2,1H3,(H2,24,27)(H,26,28)/t13-,15+,18-/m1/s1. The minimum Gasteiger partial charge on any atom is -0.456 e. The Morgan fingerprint density at radius 2 is 2.00 bits per heavy atom. The molecule has 0 radical (unpaired) electrons. The van der Waals surface area contributed by atoms with E-state index in [9.17, 15) is 26.7 Å². The van der Waals surface area contributed by atoms with Gasteiger partial charge in [-0.25, -0.2) is 31.9 Å². The molecule has 2 aromatic rings. The van der Waals surface area contributed by atoms with Crippen LogP contribution in [0.3, 0.4) is 0 Å². The van der Waals surface area contributed by atoms with E-state index < -0.39 is 59.6 Å². The first kappa shape index (κ1) is 20.5. The van der Waals surface area contributed by atoms with E-state index in [1.165, 1.54) is 6.92 Å². The minimum atomic E-state index is -2.09. The Labute approximate surface area is 161 Å². The van der Waals surface area contributed by atoms with Crippen LogP contribution in [0, 0.1) is 17.5 Å². The molecule has 0 aliphatic carbocycles. The van der Waals surface area contributed by atoms with Crippen molar-refractivity contribution in [1.29, 1.82) is 0 Å². The third kappa shape index (κ3) is 3.84. The van der Waals surface area contributed by atoms with E-state index in [1.54, 1.807) is 0 Å². The van der Waals surface area contributed by atoms with Crippen LogP contribution in [0.2, 0.25) is 0 Å². The Kier molecular flexibility index (Phi) is 5.40. The SMILES string of the molecule is C[C@]1(c2cc(NC(=O)c3ncc(F)cc3F)ccc2F)N=C(N)O[C@H](CF)[C@@H]1F. The summed E-state index contributed by atoms with van der Waals surface area (Å²) in [6.07, 6.45) is -3.02. The molecule has 1 aromatic heterocycles. The van der Waals surface area contributed by atoms with Gasteiger partial charge in [0.2, 0.25) is 0 Å². The van der Waals surface area contributed by atoms with Crippen molar-refractivity contribution in [3.63, 3.8) is 0 Å². The van der Waals surface area contributed by atoms with Crippen molar-refractivity contribution in [1.82, 2.24) is 4.98 Å². The molecule has 1 aliphatic heterocycles. The molecule has 29 heavy (non-hydrogen) atoms. The van der Waals surface area contributed by atoms with Crippen molar-refractivity contribution in [2.45, 2.75) is 24.7 Å². The lowest BCUT2D eigenvalue weighted by molar-refractivity contribution is 0.00453. The molecule has 3 N–H and O–H groups in total. The zero-order valence-corrected chi connectivity index (χ0v) is 14.9. The second kappa shape index (κ2) is 7.64. The van der Waals surface area contributed by atoms with Crippen molar-refractivity contribution in [2.75, 3.05) is 12.0 Å². The van der Waals surface area contributed by atoms with Gasteiger partial charge in [-0.3, -0.25) is 4.79 Å². The van der Waals surface area contributed by atoms with Gasteiger partial charge in [-0.15, -0.1) is 0 Å². The van der Waals surface area contributed by atoms with E-state index in [1.807, 2.05) is 0 Å². The van der Waals surface area contributed by atoms with Crippen LogP contribution in [0.25, 0.3) is 0 Å². The number of benzene rings is 1. The maximum Gasteiger partial charge on any atom is 0.283 e. The molecule has 3 rings (SSSR count). The van der Waals surface area contributed by atoms with Crippen LogP contribution in [0.4, 0.5) is 27.6 Å². The van der Waals surface area contributed by atoms with E-state index in [2.05, 4.69) is 15.3 Å². The number of nitrogens with two attached hydrogens (primary N) is 1. The molecule has 1 amide bonds. The third-order valence-electron chi connectivity index (χ3n) is 4.42. The van der Waals surface area contributed by atoms with Gasteiger partial charge >= 0.3 is 0 Å². The number of amidine groups is 1. The number of alkyl halides is 2. The number of hydrogen-bond acceptors (Lipinski definition) is 5. The van der Waals surface area contributed by atoms with Crippen molar-refractivity contribution < 1.29 is 31.5 Å². The topological polar surface area (TPSA) is 89.6 Å². The highest BCUT2D eigenvalue weighted by Crippen LogP contribution is 2.39. The summed E-state index contributed by atoms with van der Waals surface area (Å²) >= 11 is 0. The second-order valence-electron chi connectivity index (χ2n) is 6.44. The van der Waals surface area contributed by atoms with Crippen molar-refractivity contribution in [2.24, 2.45) is 10.7 Å². The van der Waals surface area contributed by atoms with Crippen molar-refractivity contribution >= 4 is 17.6 Å². The summed E-state index contributed by atoms with van der Waals surface area (Å²) in [5.41, 5.74) is 2.45. The normalized spacial score (nSPS) is 23.9. The molecular formula is C18H15F5N4O2. The van der Waals surface area contributed by atoms with Gasteiger partial charge in [-0.1, -0.05) is 0 Å². The predicted octanol–water partition coefficient (Wildman–Crippen LogP) is 2.99. The molecule has 1 aliphatic rings. The van der Waals surface area contributed by atoms with Crippen LogP contribution in [0.5, 0.6) is 0 Å². The number of ether oxygens (including phenoxy) is 1. The summed E-state index contributed by atoms with van der Waals surface area (Å²) in [7, 11) is 0. The van der Waals surface area contributed by atoms with Crippen molar-refractivity contribution in [3.8, 4) is 0 Å². The van der Waals surface area contributed by atoms with E-state index in [0.29, 0.717) is 12.3 Å². The Morgan fingerprint density at radius 1 is 1.28 bits per heavy atom. The van der Waals surface area contributed by atoms with Gasteiger partial charge in [0.1, 0.15) is 23.8 Å². The first-order chi connectivity index (χ1) is 13.7. The van der Waals surface area contributed by atoms with Gasteiger partial charge in [0.25, 0.3) is 11.9 Å². The van der Waals surface area contributed by atoms with Crippen LogP contribution in [0.15, 0.2) is 35.5 Å². The van der Waals surface area contributed by atoms with Gasteiger partial charge < -0.3 is 15.8 Å². The monoisotopic (exact) mass is 414 g/mol. The highest BCUT2D eigenvalue weighted by Gasteiger charge is 2.48. The number of aromatic nitrogens is 1. The van der Waals surface area contributed by atoms with Crippen LogP contribution in [-0.4, -0.2) is 35.9 Å². The summed E-state index contributed by atoms with van der Waals surface area (Å²) in [6, 6.07) is 3.06. The molecule has 0 saturated heterocycles. The quantitative estimate of drug-likeness (QED) is 0.753. The number of amides is 1. The maximum atomic E-state index is 14.8. The van der Waals surface area contributed by atoms with E-state index >= 15 is 0 Å². The lowest BCUT2D eigenvalue weighted by atomic mass is 9.84. The average Bonchev–Trinajstić information content (AvgIpc) is 2.66. The fourth-order valence-electron chi connectivity index (χ4n) is 2.98. The van der Waals surface area contributed by atoms with Gasteiger partial charge in [0.05, 0.1) is 6.20 Å². The third-order valence-corrected chi connectivity index (χ3v) is 4.42. The average molecular weight is 414 g/mol. The number of nitrogens with one attached hydrogen (secondary N) is 1. The number of carbonyl (C=O) groups excluding carboxylic acids is 1. The van der Waals surface area contributed by atoms with Gasteiger partial charge in [-0.2, -0.15) is 0 Å². The number of pyridine rings is 1. The number of aliphatic imine (C=N–C) groups is 1. The number of halogens is 5. The summed E-state index contributed by atoms with van der Waals surface area (Å²) in [5, 5.41) is 2.26. The zero-order chi connectivity index (χ0) is 21.3. The molecular weight excluding hydrogens is 399 g/mol. The fourth-order valence-corrected chi connectivity index (χ4v) is 2.98. The molecule has 0 unspecified atom stereocenters. The Morgan fingerprint density at radius 3 is 2.66 bits per heavy atom. The first-order valence-corrected chi connectivity index (χ1v) is 8.30. The molecule has 2 heterocycles. The molecule has 6 nitrogen and oxygen atoms in total. The van der Waals surface area contributed by atoms with Gasteiger partial charge in [0, 0.05) is 17.3 Å². The highest BCUT2D eigenvalue weighted by molar-refractivity contribution is 6.03. The maximum absolute atomic E-state index is 14.8. The Balaban J connectivity index is 1.96. The molecule has 11 heteroatoms. The van der Waals surface area contributed by atoms with Gasteiger partial charge in [-0.05, 0) is 25.1 Å². The van der Waals surface area contributed by atoms with E-state index in [0.717, 1.165) is 18.2 Å². The van der Waals surface area contributed by atoms with E-state index in [4.69, 9.17) is 10.5 Å². The van der Waals surface area contributed by atoms with Crippen LogP contribution >= 0.6 is 0 Å². The Bertz CT molecular complexity index is 987. The second-order valence-corrected chi connectivity index (χ2v) is 6.44. The molecule has 0 spiro atoms. The van der Waals surface area contributed by atoms with Gasteiger partial charge in [0.15, 0.2) is 23.8 Å². The summed E-state index contributed by atoms with van der Waals surface area (Å²) < 4.78 is 73.8. The summed E-state index contributed by atoms with van der Waals surface area (Å²) in [5.74, 6) is -4.11. The zero-order valence-electron chi connectivity index (χ0n) is 14.9. The smallest absolute Gasteiger partial charge is 0.283 e. The Hall–Kier alpha value is -3.24. The van der Waals surface area contributed by atoms with Crippen molar-refractivity contribution in [3.05, 3.63) is 59.2 Å². The minimum absolute atomic E-state index is 0.0533. The molecule has 0 saturated carbocycles. The predicted molar refractivity (Wildman–Crippen MR) is 93.2 cm³/mol. The number of carbonyl (C=O) groups is 1. The summed E-state index contributed by atoms with van der Waals surface area (Å²) in [4.78, 5) is 19.4. The largest absolute Gasteiger partial charge is 0.456 e. The molecule has 154 valence electrons. The number of hydrogen-bond donors (Lipinski definition) is 2.